The van der Waals surface area contributed by atoms with Gasteiger partial charge in [-0.15, -0.1) is 0 Å². The fourth-order valence-corrected chi connectivity index (χ4v) is 1.05. The molecule has 6 nitrogen and oxygen atoms in total. The Bertz CT molecular complexity index is 308. The van der Waals surface area contributed by atoms with Gasteiger partial charge in [-0.05, 0) is 6.92 Å². The number of amides is 2. The number of guanidine groups is 1. The summed E-state index contributed by atoms with van der Waals surface area (Å²) in [5.41, 5.74) is 0. The van der Waals surface area contributed by atoms with Crippen LogP contribution >= 0.6 is 0 Å². The second kappa shape index (κ2) is 4.32. The van der Waals surface area contributed by atoms with Crippen LogP contribution < -0.4 is 10.6 Å². The average Bonchev–Trinajstić information content (AvgIpc) is 2.42. The van der Waals surface area contributed by atoms with Crippen molar-refractivity contribution in [3.63, 3.8) is 0 Å². The minimum Gasteiger partial charge on any atom is -0.288 e. The normalized spacial score (nSPS) is 20.0. The molecule has 78 valence electrons. The van der Waals surface area contributed by atoms with Gasteiger partial charge in [0.15, 0.2) is 0 Å². The molecule has 1 heterocycles. The van der Waals surface area contributed by atoms with Crippen LogP contribution in [0, 0.1) is 0 Å². The van der Waals surface area contributed by atoms with Crippen LogP contribution in [0.1, 0.15) is 6.92 Å². The predicted molar refractivity (Wildman–Crippen MR) is 52.1 cm³/mol. The number of aliphatic imine (C=N–C) groups is 1. The van der Waals surface area contributed by atoms with Gasteiger partial charge in [0, 0.05) is 17.1 Å². The van der Waals surface area contributed by atoms with Gasteiger partial charge < -0.3 is 0 Å². The van der Waals surface area contributed by atoms with Gasteiger partial charge in [0.1, 0.15) is 0 Å². The first-order chi connectivity index (χ1) is 6.50. The SMILES string of the molecule is CC(CN=C1NC(=O)C(=O)N1)S(C)=O. The summed E-state index contributed by atoms with van der Waals surface area (Å²) < 4.78 is 10.9. The maximum absolute atomic E-state index is 10.9. The molecule has 0 aromatic carbocycles. The Kier molecular flexibility index (Phi) is 3.34. The first-order valence-corrected chi connectivity index (χ1v) is 5.62. The Morgan fingerprint density at radius 2 is 1.86 bits per heavy atom. The Morgan fingerprint density at radius 1 is 1.36 bits per heavy atom. The van der Waals surface area contributed by atoms with Crippen molar-refractivity contribution in [3.05, 3.63) is 0 Å². The summed E-state index contributed by atoms with van der Waals surface area (Å²) in [6.07, 6.45) is 1.58. The van der Waals surface area contributed by atoms with Gasteiger partial charge in [0.25, 0.3) is 0 Å². The summed E-state index contributed by atoms with van der Waals surface area (Å²) in [5.74, 6) is -1.29. The number of hydrogen-bond donors (Lipinski definition) is 2. The number of rotatable bonds is 3. The lowest BCUT2D eigenvalue weighted by Crippen LogP contribution is -2.27. The highest BCUT2D eigenvalue weighted by Gasteiger charge is 2.25. The number of carbonyl (C=O) groups is 2. The van der Waals surface area contributed by atoms with Crippen molar-refractivity contribution in [1.29, 1.82) is 0 Å². The summed E-state index contributed by atoms with van der Waals surface area (Å²) >= 11 is 0. The summed E-state index contributed by atoms with van der Waals surface area (Å²) in [4.78, 5) is 25.3. The van der Waals surface area contributed by atoms with Gasteiger partial charge in [0.05, 0.1) is 11.8 Å². The second-order valence-electron chi connectivity index (χ2n) is 2.91. The maximum atomic E-state index is 10.9. The third-order valence-corrected chi connectivity index (χ3v) is 3.03. The van der Waals surface area contributed by atoms with Crippen molar-refractivity contribution in [1.82, 2.24) is 10.6 Å². The summed E-state index contributed by atoms with van der Waals surface area (Å²) in [7, 11) is -0.960. The summed E-state index contributed by atoms with van der Waals surface area (Å²) in [6, 6.07) is 0. The van der Waals surface area contributed by atoms with E-state index in [-0.39, 0.29) is 11.2 Å². The van der Waals surface area contributed by atoms with Crippen molar-refractivity contribution in [2.24, 2.45) is 4.99 Å². The van der Waals surface area contributed by atoms with Crippen LogP contribution in [0.25, 0.3) is 0 Å². The lowest BCUT2D eigenvalue weighted by Gasteiger charge is -2.03. The van der Waals surface area contributed by atoms with Crippen LogP contribution in [-0.2, 0) is 20.4 Å². The highest BCUT2D eigenvalue weighted by Crippen LogP contribution is 1.93. The number of hydrogen-bond acceptors (Lipinski definition) is 4. The molecular weight excluding hydrogens is 206 g/mol. The second-order valence-corrected chi connectivity index (χ2v) is 4.71. The molecule has 0 saturated carbocycles. The molecule has 2 unspecified atom stereocenters. The van der Waals surface area contributed by atoms with Gasteiger partial charge in [0.2, 0.25) is 5.96 Å². The molecule has 1 aliphatic rings. The molecule has 1 saturated heterocycles. The average molecular weight is 217 g/mol. The minimum atomic E-state index is -0.960. The lowest BCUT2D eigenvalue weighted by atomic mass is 10.5. The Labute approximate surface area is 83.6 Å². The van der Waals surface area contributed by atoms with Crippen molar-refractivity contribution in [2.45, 2.75) is 12.2 Å². The Morgan fingerprint density at radius 3 is 2.29 bits per heavy atom. The predicted octanol–water partition coefficient (Wildman–Crippen LogP) is -1.64. The fraction of sp³-hybridized carbons (Fsp3) is 0.571. The first kappa shape index (κ1) is 10.8. The zero-order chi connectivity index (χ0) is 10.7. The summed E-state index contributed by atoms with van der Waals surface area (Å²) in [6.45, 7) is 2.08. The zero-order valence-electron chi connectivity index (χ0n) is 7.86. The molecule has 0 aromatic heterocycles. The molecule has 14 heavy (non-hydrogen) atoms. The number of nitrogens with zero attached hydrogens (tertiary/aromatic N) is 1. The van der Waals surface area contributed by atoms with Gasteiger partial charge in [-0.2, -0.15) is 0 Å². The third-order valence-electron chi connectivity index (χ3n) is 1.74. The Hall–Kier alpha value is -1.24. The van der Waals surface area contributed by atoms with Gasteiger partial charge in [-0.25, -0.2) is 0 Å². The summed E-state index contributed by atoms with van der Waals surface area (Å²) in [5, 5.41) is 4.40. The van der Waals surface area contributed by atoms with E-state index in [1.165, 1.54) is 0 Å². The molecule has 2 N–H and O–H groups in total. The molecule has 1 fully saturated rings. The minimum absolute atomic E-state index is 0.100. The van der Waals surface area contributed by atoms with E-state index in [0.717, 1.165) is 0 Å². The largest absolute Gasteiger partial charge is 0.316 e. The topological polar surface area (TPSA) is 87.6 Å². The van der Waals surface area contributed by atoms with E-state index in [1.54, 1.807) is 13.2 Å². The monoisotopic (exact) mass is 217 g/mol. The van der Waals surface area contributed by atoms with E-state index in [0.29, 0.717) is 6.54 Å². The van der Waals surface area contributed by atoms with E-state index in [9.17, 15) is 13.8 Å². The molecule has 2 amide bonds. The van der Waals surface area contributed by atoms with Crippen molar-refractivity contribution < 1.29 is 13.8 Å². The fourth-order valence-electron chi connectivity index (χ4n) is 0.764. The molecule has 1 rings (SSSR count). The molecule has 1 aliphatic heterocycles. The van der Waals surface area contributed by atoms with E-state index in [1.807, 2.05) is 0 Å². The maximum Gasteiger partial charge on any atom is 0.316 e. The molecule has 2 atom stereocenters. The molecule has 7 heteroatoms. The van der Waals surface area contributed by atoms with E-state index in [2.05, 4.69) is 15.6 Å². The lowest BCUT2D eigenvalue weighted by molar-refractivity contribution is -0.135. The van der Waals surface area contributed by atoms with Gasteiger partial charge in [-0.1, -0.05) is 0 Å². The zero-order valence-corrected chi connectivity index (χ0v) is 8.68. The van der Waals surface area contributed by atoms with Crippen LogP contribution in [0.3, 0.4) is 0 Å². The highest BCUT2D eigenvalue weighted by molar-refractivity contribution is 7.84. The third kappa shape index (κ3) is 2.63. The quantitative estimate of drug-likeness (QED) is 0.555. The Balaban J connectivity index is 2.51. The van der Waals surface area contributed by atoms with Crippen LogP contribution in [-0.4, -0.2) is 40.0 Å². The van der Waals surface area contributed by atoms with Gasteiger partial charge in [-0.3, -0.25) is 29.4 Å². The first-order valence-electron chi connectivity index (χ1n) is 3.99. The van der Waals surface area contributed by atoms with Crippen molar-refractivity contribution in [2.75, 3.05) is 12.8 Å². The van der Waals surface area contributed by atoms with Crippen molar-refractivity contribution in [3.8, 4) is 0 Å². The van der Waals surface area contributed by atoms with E-state index in [4.69, 9.17) is 0 Å². The van der Waals surface area contributed by atoms with E-state index < -0.39 is 22.6 Å². The van der Waals surface area contributed by atoms with Crippen molar-refractivity contribution >= 4 is 28.6 Å². The molecule has 0 aromatic rings. The molecule has 0 spiro atoms. The highest BCUT2D eigenvalue weighted by atomic mass is 32.2. The molecule has 0 bridgehead atoms. The number of nitrogens with one attached hydrogen (secondary N) is 2. The van der Waals surface area contributed by atoms with Crippen LogP contribution in [0.4, 0.5) is 0 Å². The van der Waals surface area contributed by atoms with Crippen LogP contribution in [0.5, 0.6) is 0 Å². The molecular formula is C7H11N3O3S. The molecule has 0 radical (unpaired) electrons. The smallest absolute Gasteiger partial charge is 0.288 e. The number of carbonyl (C=O) groups excluding carboxylic acids is 2. The standard InChI is InChI=1S/C7H11N3O3S/c1-4(14(2)13)3-8-7-9-5(11)6(12)10-7/h4H,3H2,1-2H3,(H2,8,9,10,11,12). The van der Waals surface area contributed by atoms with E-state index >= 15 is 0 Å². The van der Waals surface area contributed by atoms with Crippen LogP contribution in [0.15, 0.2) is 4.99 Å². The van der Waals surface area contributed by atoms with Gasteiger partial charge >= 0.3 is 11.8 Å². The van der Waals surface area contributed by atoms with Crippen LogP contribution in [0.2, 0.25) is 0 Å². The molecule has 0 aliphatic carbocycles.